The molecule has 214 valence electrons. The predicted molar refractivity (Wildman–Crippen MR) is 164 cm³/mol. The Hall–Kier alpha value is -3.90. The van der Waals surface area contributed by atoms with Gasteiger partial charge in [0.25, 0.3) is 0 Å². The number of rotatable bonds is 8. The molecule has 4 bridgehead atoms. The van der Waals surface area contributed by atoms with Crippen molar-refractivity contribution in [2.45, 2.75) is 52.0 Å². The SMILES string of the molecule is Cc1c(-c2sc(Nc3ccc(Nc4nc5ccccc5s4)nn3)nc2C(=O)O)cnn1CC12CC3CC(CC(C3)C1)C2. The Labute approximate surface area is 250 Å². The van der Waals surface area contributed by atoms with Gasteiger partial charge < -0.3 is 15.7 Å². The highest BCUT2D eigenvalue weighted by Gasteiger charge is 2.51. The molecule has 42 heavy (non-hydrogen) atoms. The zero-order valence-electron chi connectivity index (χ0n) is 23.1. The van der Waals surface area contributed by atoms with E-state index in [9.17, 15) is 9.90 Å². The molecule has 4 fully saturated rings. The average molecular weight is 599 g/mol. The van der Waals surface area contributed by atoms with Crippen molar-refractivity contribution in [1.29, 1.82) is 0 Å². The molecule has 4 aliphatic rings. The maximum atomic E-state index is 12.2. The summed E-state index contributed by atoms with van der Waals surface area (Å²) >= 11 is 2.84. The second-order valence-electron chi connectivity index (χ2n) is 12.3. The molecule has 4 aromatic heterocycles. The van der Waals surface area contributed by atoms with E-state index in [1.54, 1.807) is 23.5 Å². The molecule has 0 radical (unpaired) electrons. The van der Waals surface area contributed by atoms with Crippen LogP contribution >= 0.6 is 22.7 Å². The van der Waals surface area contributed by atoms with E-state index in [4.69, 9.17) is 5.10 Å². The number of para-hydroxylation sites is 1. The second kappa shape index (κ2) is 9.84. The third-order valence-electron chi connectivity index (χ3n) is 9.26. The molecule has 0 atom stereocenters. The maximum absolute atomic E-state index is 12.2. The van der Waals surface area contributed by atoms with Gasteiger partial charge in [-0.1, -0.05) is 34.8 Å². The van der Waals surface area contributed by atoms with Gasteiger partial charge >= 0.3 is 5.97 Å². The topological polar surface area (TPSA) is 131 Å². The summed E-state index contributed by atoms with van der Waals surface area (Å²) in [5.74, 6) is 2.59. The van der Waals surface area contributed by atoms with E-state index in [0.717, 1.165) is 50.9 Å². The highest BCUT2D eigenvalue weighted by Crippen LogP contribution is 2.60. The van der Waals surface area contributed by atoms with Gasteiger partial charge in [0.15, 0.2) is 27.6 Å². The first-order valence-corrected chi connectivity index (χ1v) is 16.0. The lowest BCUT2D eigenvalue weighted by Crippen LogP contribution is -2.48. The van der Waals surface area contributed by atoms with Crippen molar-refractivity contribution >= 4 is 60.8 Å². The number of aromatic nitrogens is 6. The zero-order chi connectivity index (χ0) is 28.4. The fourth-order valence-corrected chi connectivity index (χ4v) is 9.84. The van der Waals surface area contributed by atoms with Crippen molar-refractivity contribution in [2.75, 3.05) is 10.6 Å². The van der Waals surface area contributed by atoms with Gasteiger partial charge in [-0.15, -0.1) is 10.2 Å². The number of nitrogens with zero attached hydrogens (tertiary/aromatic N) is 6. The normalized spacial score (nSPS) is 24.4. The van der Waals surface area contributed by atoms with Crippen LogP contribution in [-0.2, 0) is 6.54 Å². The summed E-state index contributed by atoms with van der Waals surface area (Å²) in [5, 5.41) is 30.8. The quantitative estimate of drug-likeness (QED) is 0.171. The molecule has 0 amide bonds. The molecule has 0 saturated heterocycles. The molecule has 0 spiro atoms. The Kier molecular flexibility index (Phi) is 6.04. The Morgan fingerprint density at radius 2 is 1.60 bits per heavy atom. The molecule has 4 heterocycles. The minimum absolute atomic E-state index is 0.0158. The smallest absolute Gasteiger partial charge is 0.356 e. The van der Waals surface area contributed by atoms with Crippen molar-refractivity contribution < 1.29 is 9.90 Å². The van der Waals surface area contributed by atoms with E-state index >= 15 is 0 Å². The number of benzene rings is 1. The lowest BCUT2D eigenvalue weighted by Gasteiger charge is -2.56. The lowest BCUT2D eigenvalue weighted by molar-refractivity contribution is -0.0638. The Morgan fingerprint density at radius 1 is 0.952 bits per heavy atom. The van der Waals surface area contributed by atoms with Crippen molar-refractivity contribution in [3.8, 4) is 10.4 Å². The van der Waals surface area contributed by atoms with E-state index in [1.807, 2.05) is 37.4 Å². The summed E-state index contributed by atoms with van der Waals surface area (Å²) in [4.78, 5) is 21.8. The summed E-state index contributed by atoms with van der Waals surface area (Å²) in [7, 11) is 0. The molecule has 0 unspecified atom stereocenters. The maximum Gasteiger partial charge on any atom is 0.356 e. The van der Waals surface area contributed by atoms with Gasteiger partial charge in [0, 0.05) is 17.8 Å². The summed E-state index contributed by atoms with van der Waals surface area (Å²) in [6.07, 6.45) is 9.95. The number of carboxylic acid groups (broad SMARTS) is 1. The first kappa shape index (κ1) is 25.8. The monoisotopic (exact) mass is 598 g/mol. The van der Waals surface area contributed by atoms with Crippen LogP contribution in [-0.4, -0.2) is 41.0 Å². The summed E-state index contributed by atoms with van der Waals surface area (Å²) < 4.78 is 3.21. The molecule has 9 rings (SSSR count). The minimum Gasteiger partial charge on any atom is -0.476 e. The molecule has 3 N–H and O–H groups in total. The van der Waals surface area contributed by atoms with Crippen molar-refractivity contribution in [2.24, 2.45) is 23.2 Å². The van der Waals surface area contributed by atoms with Gasteiger partial charge in [-0.2, -0.15) is 5.10 Å². The highest BCUT2D eigenvalue weighted by atomic mass is 32.1. The van der Waals surface area contributed by atoms with Gasteiger partial charge in [-0.25, -0.2) is 14.8 Å². The second-order valence-corrected chi connectivity index (χ2v) is 14.3. The number of thiazole rings is 2. The molecular formula is C30H30N8O2S2. The molecule has 10 nitrogen and oxygen atoms in total. The summed E-state index contributed by atoms with van der Waals surface area (Å²) in [6, 6.07) is 11.5. The van der Waals surface area contributed by atoms with Crippen LogP contribution in [0.25, 0.3) is 20.7 Å². The van der Waals surface area contributed by atoms with Gasteiger partial charge in [0.2, 0.25) is 0 Å². The van der Waals surface area contributed by atoms with E-state index in [2.05, 4.69) is 35.5 Å². The Morgan fingerprint density at radius 3 is 2.21 bits per heavy atom. The summed E-state index contributed by atoms with van der Waals surface area (Å²) in [6.45, 7) is 2.96. The third-order valence-corrected chi connectivity index (χ3v) is 11.2. The molecule has 5 aromatic rings. The number of fused-ring (bicyclic) bond motifs is 1. The fourth-order valence-electron chi connectivity index (χ4n) is 7.94. The van der Waals surface area contributed by atoms with E-state index in [0.29, 0.717) is 27.1 Å². The van der Waals surface area contributed by atoms with E-state index in [-0.39, 0.29) is 5.69 Å². The average Bonchev–Trinajstić information content (AvgIpc) is 3.65. The van der Waals surface area contributed by atoms with Crippen molar-refractivity contribution in [3.63, 3.8) is 0 Å². The van der Waals surface area contributed by atoms with Crippen LogP contribution in [0.1, 0.15) is 54.7 Å². The van der Waals surface area contributed by atoms with Gasteiger partial charge in [-0.05, 0) is 92.9 Å². The van der Waals surface area contributed by atoms with E-state index < -0.39 is 5.97 Å². The highest BCUT2D eigenvalue weighted by molar-refractivity contribution is 7.22. The van der Waals surface area contributed by atoms with Gasteiger partial charge in [0.1, 0.15) is 0 Å². The van der Waals surface area contributed by atoms with Crippen molar-refractivity contribution in [3.05, 3.63) is 54.0 Å². The van der Waals surface area contributed by atoms with Crippen LogP contribution in [0.15, 0.2) is 42.6 Å². The van der Waals surface area contributed by atoms with Crippen LogP contribution < -0.4 is 10.6 Å². The zero-order valence-corrected chi connectivity index (χ0v) is 24.7. The third kappa shape index (κ3) is 4.62. The molecule has 1 aromatic carbocycles. The molecule has 12 heteroatoms. The number of nitrogens with one attached hydrogen (secondary N) is 2. The van der Waals surface area contributed by atoms with Crippen LogP contribution in [0.2, 0.25) is 0 Å². The standard InChI is InChI=1S/C30H30N8O2S2/c1-16-20(14-31-38(16)15-30-11-17-8-18(12-30)10-19(9-17)13-30)26-25(27(39)40)35-29(42-26)34-24-7-6-23(36-37-24)33-28-32-21-4-2-3-5-22(21)41-28/h2-7,14,17-19H,8-13,15H2,1H3,(H,39,40)(H,32,33,36)(H,34,35,37). The molecule has 0 aliphatic heterocycles. The van der Waals surface area contributed by atoms with Crippen LogP contribution in [0.3, 0.4) is 0 Å². The number of hydrogen-bond donors (Lipinski definition) is 3. The fraction of sp³-hybridized carbons (Fsp3) is 0.400. The summed E-state index contributed by atoms with van der Waals surface area (Å²) in [5.41, 5.74) is 3.10. The van der Waals surface area contributed by atoms with Crippen molar-refractivity contribution in [1.82, 2.24) is 29.9 Å². The molecule has 4 saturated carbocycles. The van der Waals surface area contributed by atoms with Crippen LogP contribution in [0, 0.1) is 30.1 Å². The van der Waals surface area contributed by atoms with Crippen LogP contribution in [0.4, 0.5) is 21.9 Å². The van der Waals surface area contributed by atoms with E-state index in [1.165, 1.54) is 49.9 Å². The molecular weight excluding hydrogens is 569 g/mol. The lowest BCUT2D eigenvalue weighted by atomic mass is 9.49. The first-order chi connectivity index (χ1) is 20.4. The minimum atomic E-state index is -1.07. The van der Waals surface area contributed by atoms with Gasteiger partial charge in [0.05, 0.1) is 21.3 Å². The Balaban J connectivity index is 1.00. The number of anilines is 4. The predicted octanol–water partition coefficient (Wildman–Crippen LogP) is 7.12. The first-order valence-electron chi connectivity index (χ1n) is 14.4. The number of hydrogen-bond acceptors (Lipinski definition) is 10. The largest absolute Gasteiger partial charge is 0.476 e. The van der Waals surface area contributed by atoms with Gasteiger partial charge in [-0.3, -0.25) is 4.68 Å². The number of aromatic carboxylic acids is 1. The number of carbonyl (C=O) groups is 1. The van der Waals surface area contributed by atoms with Crippen LogP contribution in [0.5, 0.6) is 0 Å². The molecule has 4 aliphatic carbocycles. The Bertz CT molecular complexity index is 1740. The number of carboxylic acids is 1.